The van der Waals surface area contributed by atoms with Gasteiger partial charge >= 0.3 is 11.9 Å². The molecule has 0 heterocycles. The molecule has 0 aromatic heterocycles. The molecule has 1 aromatic carbocycles. The van der Waals surface area contributed by atoms with Gasteiger partial charge in [-0.2, -0.15) is 0 Å². The SMILES string of the molecule is COc1cc(C)c(C)c(C(=O)O)c1CCC(=O)O. The Morgan fingerprint density at radius 2 is 1.89 bits per heavy atom. The maximum atomic E-state index is 11.3. The molecule has 1 aromatic rings. The molecular weight excluding hydrogens is 236 g/mol. The van der Waals surface area contributed by atoms with Gasteiger partial charge in [-0.25, -0.2) is 4.79 Å². The summed E-state index contributed by atoms with van der Waals surface area (Å²) in [7, 11) is 1.44. The van der Waals surface area contributed by atoms with Gasteiger partial charge in [0.2, 0.25) is 0 Å². The standard InChI is InChI=1S/C13H16O5/c1-7-6-10(18-3)9(4-5-11(14)15)12(8(7)2)13(16)17/h6H,4-5H2,1-3H3,(H,14,15)(H,16,17). The summed E-state index contributed by atoms with van der Waals surface area (Å²) in [5, 5.41) is 18.0. The number of benzene rings is 1. The monoisotopic (exact) mass is 252 g/mol. The van der Waals surface area contributed by atoms with Crippen molar-refractivity contribution < 1.29 is 24.5 Å². The van der Waals surface area contributed by atoms with Crippen LogP contribution in [0.3, 0.4) is 0 Å². The molecule has 5 nitrogen and oxygen atoms in total. The molecule has 5 heteroatoms. The topological polar surface area (TPSA) is 83.8 Å². The quantitative estimate of drug-likeness (QED) is 0.837. The Morgan fingerprint density at radius 1 is 1.28 bits per heavy atom. The Hall–Kier alpha value is -2.04. The molecule has 0 fully saturated rings. The molecule has 0 unspecified atom stereocenters. The Labute approximate surface area is 105 Å². The molecule has 0 aliphatic heterocycles. The predicted octanol–water partition coefficient (Wildman–Crippen LogP) is 2.03. The first-order chi connectivity index (χ1) is 8.38. The number of aryl methyl sites for hydroxylation is 1. The van der Waals surface area contributed by atoms with Crippen molar-refractivity contribution in [2.75, 3.05) is 7.11 Å². The van der Waals surface area contributed by atoms with E-state index in [0.29, 0.717) is 16.9 Å². The molecule has 0 amide bonds. The number of hydrogen-bond acceptors (Lipinski definition) is 3. The van der Waals surface area contributed by atoms with Crippen LogP contribution in [0.2, 0.25) is 0 Å². The second-order valence-electron chi connectivity index (χ2n) is 4.07. The highest BCUT2D eigenvalue weighted by atomic mass is 16.5. The third kappa shape index (κ3) is 2.80. The fourth-order valence-corrected chi connectivity index (χ4v) is 1.89. The Morgan fingerprint density at radius 3 is 2.33 bits per heavy atom. The van der Waals surface area contributed by atoms with Crippen LogP contribution < -0.4 is 4.74 Å². The van der Waals surface area contributed by atoms with Gasteiger partial charge in [0.1, 0.15) is 5.75 Å². The normalized spacial score (nSPS) is 10.2. The average molecular weight is 252 g/mol. The smallest absolute Gasteiger partial charge is 0.336 e. The summed E-state index contributed by atoms with van der Waals surface area (Å²) in [4.78, 5) is 21.9. The molecule has 0 saturated heterocycles. The van der Waals surface area contributed by atoms with Crippen LogP contribution in [0.1, 0.15) is 33.5 Å². The molecule has 98 valence electrons. The molecule has 0 saturated carbocycles. The van der Waals surface area contributed by atoms with E-state index in [-0.39, 0.29) is 18.4 Å². The van der Waals surface area contributed by atoms with Gasteiger partial charge in [-0.1, -0.05) is 0 Å². The van der Waals surface area contributed by atoms with Crippen molar-refractivity contribution in [3.63, 3.8) is 0 Å². The summed E-state index contributed by atoms with van der Waals surface area (Å²) in [5.41, 5.74) is 2.04. The van der Waals surface area contributed by atoms with Gasteiger partial charge in [0.15, 0.2) is 0 Å². The summed E-state index contributed by atoms with van der Waals surface area (Å²) in [6.45, 7) is 3.51. The predicted molar refractivity (Wildman–Crippen MR) is 65.4 cm³/mol. The summed E-state index contributed by atoms with van der Waals surface area (Å²) < 4.78 is 5.15. The van der Waals surface area contributed by atoms with Crippen molar-refractivity contribution in [2.24, 2.45) is 0 Å². The van der Waals surface area contributed by atoms with E-state index in [1.54, 1.807) is 19.9 Å². The van der Waals surface area contributed by atoms with Crippen LogP contribution in [0.5, 0.6) is 5.75 Å². The first-order valence-corrected chi connectivity index (χ1v) is 5.50. The van der Waals surface area contributed by atoms with Gasteiger partial charge in [0.05, 0.1) is 12.7 Å². The van der Waals surface area contributed by atoms with Crippen molar-refractivity contribution in [2.45, 2.75) is 26.7 Å². The number of rotatable bonds is 5. The first kappa shape index (κ1) is 14.0. The highest BCUT2D eigenvalue weighted by molar-refractivity contribution is 5.92. The Balaban J connectivity index is 3.38. The van der Waals surface area contributed by atoms with Crippen molar-refractivity contribution in [1.29, 1.82) is 0 Å². The van der Waals surface area contributed by atoms with E-state index >= 15 is 0 Å². The van der Waals surface area contributed by atoms with Crippen LogP contribution in [-0.2, 0) is 11.2 Å². The molecule has 0 aliphatic rings. The second-order valence-corrected chi connectivity index (χ2v) is 4.07. The lowest BCUT2D eigenvalue weighted by molar-refractivity contribution is -0.136. The minimum absolute atomic E-state index is 0.126. The van der Waals surface area contributed by atoms with Gasteiger partial charge < -0.3 is 14.9 Å². The molecule has 0 bridgehead atoms. The average Bonchev–Trinajstić information content (AvgIpc) is 2.29. The summed E-state index contributed by atoms with van der Waals surface area (Å²) in [6, 6.07) is 1.74. The molecular formula is C13H16O5. The van der Waals surface area contributed by atoms with Gasteiger partial charge in [-0.15, -0.1) is 0 Å². The summed E-state index contributed by atoms with van der Waals surface area (Å²) in [5.74, 6) is -1.60. The molecule has 18 heavy (non-hydrogen) atoms. The van der Waals surface area contributed by atoms with Crippen molar-refractivity contribution in [1.82, 2.24) is 0 Å². The zero-order valence-electron chi connectivity index (χ0n) is 10.6. The lowest BCUT2D eigenvalue weighted by Gasteiger charge is -2.15. The largest absolute Gasteiger partial charge is 0.496 e. The second kappa shape index (κ2) is 5.53. The van der Waals surface area contributed by atoms with Gasteiger partial charge in [0, 0.05) is 12.0 Å². The molecule has 0 aliphatic carbocycles. The Kier molecular flexibility index (Phi) is 4.31. The van der Waals surface area contributed by atoms with E-state index in [9.17, 15) is 14.7 Å². The maximum Gasteiger partial charge on any atom is 0.336 e. The first-order valence-electron chi connectivity index (χ1n) is 5.50. The third-order valence-electron chi connectivity index (χ3n) is 2.94. The number of aliphatic carboxylic acids is 1. The molecule has 0 radical (unpaired) electrons. The van der Waals surface area contributed by atoms with E-state index in [4.69, 9.17) is 9.84 Å². The zero-order chi connectivity index (χ0) is 13.9. The van der Waals surface area contributed by atoms with Crippen LogP contribution in [0.25, 0.3) is 0 Å². The van der Waals surface area contributed by atoms with Crippen molar-refractivity contribution in [3.05, 3.63) is 28.3 Å². The zero-order valence-corrected chi connectivity index (χ0v) is 10.6. The minimum atomic E-state index is -1.06. The number of carboxylic acid groups (broad SMARTS) is 2. The van der Waals surface area contributed by atoms with Crippen molar-refractivity contribution in [3.8, 4) is 5.75 Å². The maximum absolute atomic E-state index is 11.3. The van der Waals surface area contributed by atoms with Crippen molar-refractivity contribution >= 4 is 11.9 Å². The molecule has 2 N–H and O–H groups in total. The Bertz CT molecular complexity index is 491. The lowest BCUT2D eigenvalue weighted by atomic mass is 9.94. The number of hydrogen-bond donors (Lipinski definition) is 2. The molecule has 0 spiro atoms. The van der Waals surface area contributed by atoms with E-state index < -0.39 is 11.9 Å². The van der Waals surface area contributed by atoms with E-state index in [0.717, 1.165) is 5.56 Å². The fourth-order valence-electron chi connectivity index (χ4n) is 1.89. The van der Waals surface area contributed by atoms with Crippen LogP contribution in [-0.4, -0.2) is 29.3 Å². The number of carbonyl (C=O) groups is 2. The summed E-state index contributed by atoms with van der Waals surface area (Å²) in [6.07, 6.45) is 0.0143. The van der Waals surface area contributed by atoms with Crippen LogP contribution in [0.15, 0.2) is 6.07 Å². The van der Waals surface area contributed by atoms with Crippen LogP contribution in [0, 0.1) is 13.8 Å². The van der Waals surface area contributed by atoms with E-state index in [2.05, 4.69) is 0 Å². The van der Waals surface area contributed by atoms with Crippen LogP contribution >= 0.6 is 0 Å². The summed E-state index contributed by atoms with van der Waals surface area (Å²) >= 11 is 0. The number of aromatic carboxylic acids is 1. The number of ether oxygens (including phenoxy) is 1. The number of methoxy groups -OCH3 is 1. The minimum Gasteiger partial charge on any atom is -0.496 e. The van der Waals surface area contributed by atoms with Gasteiger partial charge in [-0.3, -0.25) is 4.79 Å². The fraction of sp³-hybridized carbons (Fsp3) is 0.385. The molecule has 0 atom stereocenters. The lowest BCUT2D eigenvalue weighted by Crippen LogP contribution is -2.10. The van der Waals surface area contributed by atoms with Gasteiger partial charge in [-0.05, 0) is 37.5 Å². The van der Waals surface area contributed by atoms with E-state index in [1.807, 2.05) is 0 Å². The van der Waals surface area contributed by atoms with E-state index in [1.165, 1.54) is 7.11 Å². The highest BCUT2D eigenvalue weighted by Crippen LogP contribution is 2.29. The third-order valence-corrected chi connectivity index (χ3v) is 2.94. The molecule has 1 rings (SSSR count). The number of carboxylic acids is 2. The van der Waals surface area contributed by atoms with Gasteiger partial charge in [0.25, 0.3) is 0 Å². The highest BCUT2D eigenvalue weighted by Gasteiger charge is 2.20. The van der Waals surface area contributed by atoms with Crippen LogP contribution in [0.4, 0.5) is 0 Å².